The molecule has 1 saturated carbocycles. The molecule has 0 spiro atoms. The predicted molar refractivity (Wildman–Crippen MR) is 76.0 cm³/mol. The maximum Gasteiger partial charge on any atom is 0.123 e. The van der Waals surface area contributed by atoms with Crippen molar-refractivity contribution in [3.63, 3.8) is 0 Å². The predicted octanol–water partition coefficient (Wildman–Crippen LogP) is 3.93. The lowest BCUT2D eigenvalue weighted by Crippen LogP contribution is -2.27. The zero-order valence-corrected chi connectivity index (χ0v) is 11.6. The Kier molecular flexibility index (Phi) is 5.06. The zero-order chi connectivity index (χ0) is 12.8. The average molecular weight is 247 g/mol. The van der Waals surface area contributed by atoms with Gasteiger partial charge in [-0.15, -0.1) is 0 Å². The molecule has 0 aromatic heterocycles. The van der Waals surface area contributed by atoms with Crippen LogP contribution >= 0.6 is 0 Å². The van der Waals surface area contributed by atoms with Crippen LogP contribution in [0.2, 0.25) is 0 Å². The monoisotopic (exact) mass is 247 g/mol. The number of hydrogen-bond acceptors (Lipinski definition) is 2. The van der Waals surface area contributed by atoms with Crippen molar-refractivity contribution < 1.29 is 4.74 Å². The zero-order valence-electron chi connectivity index (χ0n) is 11.6. The largest absolute Gasteiger partial charge is 0.496 e. The Morgan fingerprint density at radius 2 is 1.94 bits per heavy atom. The van der Waals surface area contributed by atoms with Gasteiger partial charge in [-0.2, -0.15) is 0 Å². The topological polar surface area (TPSA) is 21.3 Å². The Morgan fingerprint density at radius 3 is 2.67 bits per heavy atom. The fourth-order valence-electron chi connectivity index (χ4n) is 2.87. The van der Waals surface area contributed by atoms with E-state index in [4.69, 9.17) is 4.74 Å². The van der Waals surface area contributed by atoms with Crippen molar-refractivity contribution >= 4 is 0 Å². The molecule has 1 aromatic carbocycles. The molecule has 0 amide bonds. The van der Waals surface area contributed by atoms with Gasteiger partial charge in [0.15, 0.2) is 0 Å². The van der Waals surface area contributed by atoms with E-state index in [1.54, 1.807) is 7.11 Å². The molecule has 0 saturated heterocycles. The summed E-state index contributed by atoms with van der Waals surface area (Å²) in [6, 6.07) is 8.65. The van der Waals surface area contributed by atoms with Gasteiger partial charge >= 0.3 is 0 Å². The number of ether oxygens (including phenoxy) is 1. The molecule has 1 N–H and O–H groups in total. The minimum absolute atomic E-state index is 0.364. The molecule has 18 heavy (non-hydrogen) atoms. The van der Waals surface area contributed by atoms with Gasteiger partial charge in [0, 0.05) is 11.6 Å². The van der Waals surface area contributed by atoms with E-state index < -0.39 is 0 Å². The first-order valence-electron chi connectivity index (χ1n) is 7.17. The molecule has 1 atom stereocenters. The van der Waals surface area contributed by atoms with Gasteiger partial charge in [-0.3, -0.25) is 0 Å². The second kappa shape index (κ2) is 6.79. The van der Waals surface area contributed by atoms with Crippen LogP contribution in [0.4, 0.5) is 0 Å². The van der Waals surface area contributed by atoms with Gasteiger partial charge in [0.1, 0.15) is 5.75 Å². The molecule has 1 unspecified atom stereocenters. The first-order chi connectivity index (χ1) is 8.81. The van der Waals surface area contributed by atoms with E-state index in [-0.39, 0.29) is 0 Å². The molecular formula is C16H25NO. The summed E-state index contributed by atoms with van der Waals surface area (Å²) in [7, 11) is 1.74. The number of methoxy groups -OCH3 is 1. The van der Waals surface area contributed by atoms with Gasteiger partial charge in [-0.25, -0.2) is 0 Å². The highest BCUT2D eigenvalue weighted by Crippen LogP contribution is 2.26. The van der Waals surface area contributed by atoms with E-state index in [0.29, 0.717) is 6.04 Å². The lowest BCUT2D eigenvalue weighted by molar-refractivity contribution is 0.328. The van der Waals surface area contributed by atoms with Gasteiger partial charge in [-0.1, -0.05) is 37.5 Å². The van der Waals surface area contributed by atoms with Gasteiger partial charge in [-0.05, 0) is 38.3 Å². The Bertz CT molecular complexity index is 358. The van der Waals surface area contributed by atoms with Crippen LogP contribution in [0.3, 0.4) is 0 Å². The number of hydrogen-bond donors (Lipinski definition) is 1. The van der Waals surface area contributed by atoms with Crippen LogP contribution in [0.5, 0.6) is 5.75 Å². The second-order valence-corrected chi connectivity index (χ2v) is 5.38. The third kappa shape index (κ3) is 3.49. The molecule has 1 aromatic rings. The van der Waals surface area contributed by atoms with Crippen LogP contribution in [0.1, 0.15) is 50.6 Å². The van der Waals surface area contributed by atoms with E-state index in [2.05, 4.69) is 24.4 Å². The van der Waals surface area contributed by atoms with Gasteiger partial charge in [0.25, 0.3) is 0 Å². The van der Waals surface area contributed by atoms with Crippen LogP contribution in [-0.4, -0.2) is 13.7 Å². The van der Waals surface area contributed by atoms with Crippen molar-refractivity contribution in [3.8, 4) is 5.75 Å². The first kappa shape index (κ1) is 13.4. The molecule has 1 aliphatic rings. The summed E-state index contributed by atoms with van der Waals surface area (Å²) in [6.07, 6.45) is 7.04. The van der Waals surface area contributed by atoms with Crippen molar-refractivity contribution in [1.82, 2.24) is 5.32 Å². The van der Waals surface area contributed by atoms with E-state index in [1.807, 2.05) is 12.1 Å². The maximum absolute atomic E-state index is 5.42. The summed E-state index contributed by atoms with van der Waals surface area (Å²) in [5.74, 6) is 1.86. The quantitative estimate of drug-likeness (QED) is 0.851. The van der Waals surface area contributed by atoms with Crippen molar-refractivity contribution in [1.29, 1.82) is 0 Å². The van der Waals surface area contributed by atoms with E-state index in [0.717, 1.165) is 18.2 Å². The van der Waals surface area contributed by atoms with Crippen LogP contribution < -0.4 is 10.1 Å². The van der Waals surface area contributed by atoms with Gasteiger partial charge < -0.3 is 10.1 Å². The number of para-hydroxylation sites is 1. The van der Waals surface area contributed by atoms with Gasteiger partial charge in [0.2, 0.25) is 0 Å². The molecule has 2 nitrogen and oxygen atoms in total. The van der Waals surface area contributed by atoms with Crippen molar-refractivity contribution in [2.45, 2.75) is 45.1 Å². The Labute approximate surface area is 111 Å². The molecule has 100 valence electrons. The maximum atomic E-state index is 5.42. The summed E-state index contributed by atoms with van der Waals surface area (Å²) in [5, 5.41) is 3.66. The molecule has 1 fully saturated rings. The van der Waals surface area contributed by atoms with Gasteiger partial charge in [0.05, 0.1) is 7.11 Å². The number of rotatable bonds is 5. The molecular weight excluding hydrogens is 222 g/mol. The molecule has 1 aliphatic carbocycles. The molecule has 0 heterocycles. The Hall–Kier alpha value is -1.02. The molecule has 0 aliphatic heterocycles. The smallest absolute Gasteiger partial charge is 0.123 e. The lowest BCUT2D eigenvalue weighted by atomic mass is 9.89. The second-order valence-electron chi connectivity index (χ2n) is 5.38. The van der Waals surface area contributed by atoms with E-state index >= 15 is 0 Å². The van der Waals surface area contributed by atoms with Crippen molar-refractivity contribution in [2.24, 2.45) is 5.92 Å². The summed E-state index contributed by atoms with van der Waals surface area (Å²) < 4.78 is 5.42. The SMILES string of the molecule is COc1ccccc1C(C)NCC1CCCCC1. The van der Waals surface area contributed by atoms with E-state index in [1.165, 1.54) is 37.7 Å². The van der Waals surface area contributed by atoms with E-state index in [9.17, 15) is 0 Å². The van der Waals surface area contributed by atoms with Crippen molar-refractivity contribution in [2.75, 3.05) is 13.7 Å². The summed E-state index contributed by atoms with van der Waals surface area (Å²) in [4.78, 5) is 0. The summed E-state index contributed by atoms with van der Waals surface area (Å²) >= 11 is 0. The summed E-state index contributed by atoms with van der Waals surface area (Å²) in [6.45, 7) is 3.36. The standard InChI is InChI=1S/C16H25NO/c1-13(15-10-6-7-11-16(15)18-2)17-12-14-8-4-3-5-9-14/h6-7,10-11,13-14,17H,3-5,8-9,12H2,1-2H3. The summed E-state index contributed by atoms with van der Waals surface area (Å²) in [5.41, 5.74) is 1.26. The Morgan fingerprint density at radius 1 is 1.22 bits per heavy atom. The average Bonchev–Trinajstić information content (AvgIpc) is 2.45. The molecule has 2 rings (SSSR count). The minimum Gasteiger partial charge on any atom is -0.496 e. The minimum atomic E-state index is 0.364. The fraction of sp³-hybridized carbons (Fsp3) is 0.625. The third-order valence-corrected chi connectivity index (χ3v) is 4.04. The third-order valence-electron chi connectivity index (χ3n) is 4.04. The van der Waals surface area contributed by atoms with Crippen LogP contribution in [0.25, 0.3) is 0 Å². The fourth-order valence-corrected chi connectivity index (χ4v) is 2.87. The molecule has 0 radical (unpaired) electrons. The lowest BCUT2D eigenvalue weighted by Gasteiger charge is -2.24. The highest BCUT2D eigenvalue weighted by atomic mass is 16.5. The van der Waals surface area contributed by atoms with Crippen molar-refractivity contribution in [3.05, 3.63) is 29.8 Å². The molecule has 2 heteroatoms. The Balaban J connectivity index is 1.88. The first-order valence-corrected chi connectivity index (χ1v) is 7.17. The van der Waals surface area contributed by atoms with Crippen LogP contribution in [0, 0.1) is 5.92 Å². The highest BCUT2D eigenvalue weighted by Gasteiger charge is 2.16. The highest BCUT2D eigenvalue weighted by molar-refractivity contribution is 5.35. The van der Waals surface area contributed by atoms with Crippen LogP contribution in [-0.2, 0) is 0 Å². The number of nitrogens with one attached hydrogen (secondary N) is 1. The molecule has 0 bridgehead atoms. The normalized spacial score (nSPS) is 18.6. The van der Waals surface area contributed by atoms with Crippen LogP contribution in [0.15, 0.2) is 24.3 Å². The number of benzene rings is 1.